The van der Waals surface area contributed by atoms with E-state index < -0.39 is 12.2 Å². The summed E-state index contributed by atoms with van der Waals surface area (Å²) in [4.78, 5) is 16.7. The molecule has 3 rings (SSSR count). The first kappa shape index (κ1) is 20.5. The molecule has 1 aliphatic heterocycles. The number of rotatable bonds is 5. The molecule has 0 atom stereocenters. The molecule has 2 heterocycles. The van der Waals surface area contributed by atoms with Crippen molar-refractivity contribution in [1.82, 2.24) is 4.98 Å². The quantitative estimate of drug-likeness (QED) is 0.797. The number of nitrogens with zero attached hydrogens (tertiary/aromatic N) is 1. The van der Waals surface area contributed by atoms with Crippen LogP contribution in [-0.2, 0) is 9.53 Å². The number of aromatic nitrogens is 1. The average Bonchev–Trinajstić information content (AvgIpc) is 3.04. The number of halogens is 3. The second kappa shape index (κ2) is 8.72. The Labute approximate surface area is 159 Å². The van der Waals surface area contributed by atoms with E-state index in [4.69, 9.17) is 10.5 Å². The number of carbonyl (C=O) groups is 1. The van der Waals surface area contributed by atoms with Crippen LogP contribution in [0.3, 0.4) is 0 Å². The van der Waals surface area contributed by atoms with Crippen LogP contribution in [-0.4, -0.2) is 36.3 Å². The average molecular weight is 406 g/mol. The van der Waals surface area contributed by atoms with E-state index in [1.54, 1.807) is 23.6 Å². The summed E-state index contributed by atoms with van der Waals surface area (Å²) in [5, 5.41) is 4.71. The number of amides is 1. The van der Waals surface area contributed by atoms with Crippen molar-refractivity contribution in [2.45, 2.75) is 25.0 Å². The molecule has 0 aliphatic carbocycles. The number of nitrogens with two attached hydrogens (primary N) is 1. The minimum absolute atomic E-state index is 0. The summed E-state index contributed by atoms with van der Waals surface area (Å²) in [7, 11) is 0. The highest BCUT2D eigenvalue weighted by Gasteiger charge is 2.36. The minimum Gasteiger partial charge on any atom is -0.434 e. The Balaban J connectivity index is 0.00000243. The molecule has 0 unspecified atom stereocenters. The van der Waals surface area contributed by atoms with E-state index in [0.717, 1.165) is 0 Å². The number of alkyl halides is 2. The van der Waals surface area contributed by atoms with Crippen LogP contribution in [0.5, 0.6) is 5.75 Å². The van der Waals surface area contributed by atoms with Crippen LogP contribution in [0.25, 0.3) is 11.3 Å². The molecule has 1 aliphatic rings. The summed E-state index contributed by atoms with van der Waals surface area (Å²) >= 11 is 1.19. The van der Waals surface area contributed by atoms with Gasteiger partial charge in [0.2, 0.25) is 5.91 Å². The first-order chi connectivity index (χ1) is 12.0. The molecule has 1 saturated heterocycles. The van der Waals surface area contributed by atoms with Gasteiger partial charge in [-0.1, -0.05) is 12.1 Å². The standard InChI is InChI=1S/C16H17F2N3O3S.ClH/c17-14(18)24-12-4-2-1-3-10(12)11-9-25-15(20-11)21-13(22)16(19)5-7-23-8-6-16;/h1-4,9,14H,5-8,19H2,(H,20,21,22);1H. The second-order valence-corrected chi connectivity index (χ2v) is 6.49. The number of anilines is 1. The van der Waals surface area contributed by atoms with Gasteiger partial charge in [0.1, 0.15) is 11.3 Å². The molecule has 3 N–H and O–H groups in total. The third kappa shape index (κ3) is 4.67. The zero-order valence-corrected chi connectivity index (χ0v) is 15.2. The van der Waals surface area contributed by atoms with Gasteiger partial charge in [0.05, 0.1) is 5.69 Å². The molecule has 1 aromatic carbocycles. The van der Waals surface area contributed by atoms with Crippen molar-refractivity contribution >= 4 is 34.8 Å². The second-order valence-electron chi connectivity index (χ2n) is 5.64. The van der Waals surface area contributed by atoms with E-state index in [1.165, 1.54) is 17.4 Å². The van der Waals surface area contributed by atoms with Crippen molar-refractivity contribution < 1.29 is 23.0 Å². The molecule has 1 fully saturated rings. The van der Waals surface area contributed by atoms with Gasteiger partial charge in [0.15, 0.2) is 5.13 Å². The first-order valence-electron chi connectivity index (χ1n) is 7.66. The van der Waals surface area contributed by atoms with Crippen LogP contribution < -0.4 is 15.8 Å². The topological polar surface area (TPSA) is 86.5 Å². The maximum absolute atomic E-state index is 12.5. The highest BCUT2D eigenvalue weighted by molar-refractivity contribution is 7.14. The Bertz CT molecular complexity index is 754. The first-order valence-corrected chi connectivity index (χ1v) is 8.54. The summed E-state index contributed by atoms with van der Waals surface area (Å²) in [6.45, 7) is -2.05. The molecule has 0 bridgehead atoms. The van der Waals surface area contributed by atoms with Gasteiger partial charge in [0, 0.05) is 24.2 Å². The number of carbonyl (C=O) groups excluding carboxylic acids is 1. The van der Waals surface area contributed by atoms with E-state index >= 15 is 0 Å². The lowest BCUT2D eigenvalue weighted by atomic mass is 9.90. The van der Waals surface area contributed by atoms with E-state index in [0.29, 0.717) is 42.4 Å². The number of hydrogen-bond acceptors (Lipinski definition) is 6. The fourth-order valence-corrected chi connectivity index (χ4v) is 3.22. The molecule has 2 aromatic rings. The number of hydrogen-bond donors (Lipinski definition) is 2. The molecular weight excluding hydrogens is 388 g/mol. The van der Waals surface area contributed by atoms with Gasteiger partial charge >= 0.3 is 6.61 Å². The number of para-hydroxylation sites is 1. The molecular formula is C16H18ClF2N3O3S. The molecule has 1 amide bonds. The van der Waals surface area contributed by atoms with Gasteiger partial charge in [-0.05, 0) is 25.0 Å². The normalized spacial score (nSPS) is 16.0. The highest BCUT2D eigenvalue weighted by Crippen LogP contribution is 2.33. The third-order valence-electron chi connectivity index (χ3n) is 3.94. The van der Waals surface area contributed by atoms with Crippen molar-refractivity contribution in [2.24, 2.45) is 5.73 Å². The predicted molar refractivity (Wildman–Crippen MR) is 97.0 cm³/mol. The largest absolute Gasteiger partial charge is 0.434 e. The van der Waals surface area contributed by atoms with Gasteiger partial charge in [-0.2, -0.15) is 8.78 Å². The summed E-state index contributed by atoms with van der Waals surface area (Å²) < 4.78 is 34.8. The van der Waals surface area contributed by atoms with Crippen molar-refractivity contribution in [2.75, 3.05) is 18.5 Å². The van der Waals surface area contributed by atoms with Crippen molar-refractivity contribution in [3.63, 3.8) is 0 Å². The Morgan fingerprint density at radius 2 is 2.04 bits per heavy atom. The smallest absolute Gasteiger partial charge is 0.387 e. The van der Waals surface area contributed by atoms with Gasteiger partial charge in [-0.25, -0.2) is 4.98 Å². The Hall–Kier alpha value is -1.81. The zero-order chi connectivity index (χ0) is 17.9. The highest BCUT2D eigenvalue weighted by atomic mass is 35.5. The molecule has 0 spiro atoms. The van der Waals surface area contributed by atoms with Crippen LogP contribution in [0.2, 0.25) is 0 Å². The number of ether oxygens (including phenoxy) is 2. The molecule has 142 valence electrons. The fourth-order valence-electron chi connectivity index (χ4n) is 2.52. The van der Waals surface area contributed by atoms with Crippen LogP contribution in [0.1, 0.15) is 12.8 Å². The minimum atomic E-state index is -2.93. The Morgan fingerprint density at radius 1 is 1.35 bits per heavy atom. The maximum Gasteiger partial charge on any atom is 0.387 e. The number of nitrogens with one attached hydrogen (secondary N) is 1. The van der Waals surface area contributed by atoms with E-state index in [-0.39, 0.29) is 24.1 Å². The van der Waals surface area contributed by atoms with Crippen LogP contribution in [0, 0.1) is 0 Å². The zero-order valence-electron chi connectivity index (χ0n) is 13.6. The third-order valence-corrected chi connectivity index (χ3v) is 4.70. The Kier molecular flexibility index (Phi) is 6.87. The van der Waals surface area contributed by atoms with Gasteiger partial charge < -0.3 is 20.5 Å². The lowest BCUT2D eigenvalue weighted by Gasteiger charge is -2.31. The van der Waals surface area contributed by atoms with Gasteiger partial charge in [-0.3, -0.25) is 4.79 Å². The summed E-state index contributed by atoms with van der Waals surface area (Å²) in [5.74, 6) is -0.297. The lowest BCUT2D eigenvalue weighted by molar-refractivity contribution is -0.124. The van der Waals surface area contributed by atoms with Crippen LogP contribution in [0.15, 0.2) is 29.6 Å². The van der Waals surface area contributed by atoms with Gasteiger partial charge in [-0.15, -0.1) is 23.7 Å². The predicted octanol–water partition coefficient (Wildman–Crippen LogP) is 3.28. The number of thiazole rings is 1. The van der Waals surface area contributed by atoms with E-state index in [1.807, 2.05) is 0 Å². The van der Waals surface area contributed by atoms with E-state index in [9.17, 15) is 13.6 Å². The Morgan fingerprint density at radius 3 is 2.73 bits per heavy atom. The molecule has 0 saturated carbocycles. The molecule has 10 heteroatoms. The monoisotopic (exact) mass is 405 g/mol. The SMILES string of the molecule is Cl.NC1(C(=O)Nc2nc(-c3ccccc3OC(F)F)cs2)CCOCC1. The van der Waals surface area contributed by atoms with Crippen LogP contribution >= 0.6 is 23.7 Å². The summed E-state index contributed by atoms with van der Waals surface area (Å²) in [5.41, 5.74) is 6.01. The molecule has 6 nitrogen and oxygen atoms in total. The van der Waals surface area contributed by atoms with Crippen molar-refractivity contribution in [1.29, 1.82) is 0 Å². The van der Waals surface area contributed by atoms with Gasteiger partial charge in [0.25, 0.3) is 0 Å². The molecule has 26 heavy (non-hydrogen) atoms. The lowest BCUT2D eigenvalue weighted by Crippen LogP contribution is -2.54. The summed E-state index contributed by atoms with van der Waals surface area (Å²) in [6, 6.07) is 6.36. The molecule has 1 aromatic heterocycles. The fraction of sp³-hybridized carbons (Fsp3) is 0.375. The summed E-state index contributed by atoms with van der Waals surface area (Å²) in [6.07, 6.45) is 0.865. The van der Waals surface area contributed by atoms with E-state index in [2.05, 4.69) is 15.0 Å². The van der Waals surface area contributed by atoms with Crippen molar-refractivity contribution in [3.05, 3.63) is 29.6 Å². The number of benzene rings is 1. The van der Waals surface area contributed by atoms with Crippen LogP contribution in [0.4, 0.5) is 13.9 Å². The van der Waals surface area contributed by atoms with Crippen molar-refractivity contribution in [3.8, 4) is 17.0 Å². The maximum atomic E-state index is 12.5. The molecule has 0 radical (unpaired) electrons.